The summed E-state index contributed by atoms with van der Waals surface area (Å²) in [5.41, 5.74) is 1.91. The number of rotatable bonds is 5. The van der Waals surface area contributed by atoms with Crippen molar-refractivity contribution in [1.29, 1.82) is 0 Å². The zero-order chi connectivity index (χ0) is 17.6. The number of nitrogens with one attached hydrogen (secondary N) is 1. The maximum atomic E-state index is 12.5. The maximum Gasteiger partial charge on any atom is 0.224 e. The Morgan fingerprint density at radius 2 is 2.16 bits per heavy atom. The minimum atomic E-state index is 0.00328. The number of piperidine rings is 1. The summed E-state index contributed by atoms with van der Waals surface area (Å²) in [6.45, 7) is 2.93. The van der Waals surface area contributed by atoms with Crippen LogP contribution in [0.15, 0.2) is 42.6 Å². The van der Waals surface area contributed by atoms with Crippen molar-refractivity contribution in [2.24, 2.45) is 5.92 Å². The summed E-state index contributed by atoms with van der Waals surface area (Å²) in [4.78, 5) is 19.0. The Kier molecular flexibility index (Phi) is 6.29. The van der Waals surface area contributed by atoms with Crippen LogP contribution in [0.1, 0.15) is 24.1 Å². The van der Waals surface area contributed by atoms with Gasteiger partial charge >= 0.3 is 0 Å². The van der Waals surface area contributed by atoms with Gasteiger partial charge in [0, 0.05) is 29.3 Å². The molecule has 1 fully saturated rings. The van der Waals surface area contributed by atoms with E-state index >= 15 is 0 Å². The van der Waals surface area contributed by atoms with E-state index in [1.54, 1.807) is 12.3 Å². The molecule has 1 unspecified atom stereocenters. The second kappa shape index (κ2) is 8.65. The zero-order valence-corrected chi connectivity index (χ0v) is 15.4. The smallest absolute Gasteiger partial charge is 0.224 e. The lowest BCUT2D eigenvalue weighted by molar-refractivity contribution is -0.127. The Bertz CT molecular complexity index is 724. The standard InChI is InChI=1S/C19H21Cl2N3O/c20-16-7-6-14(18(21)10-16)12-24-9-3-4-15(13-24)19(25)23-11-17-5-1-2-8-22-17/h1-2,5-8,10,15H,3-4,9,11-13H2,(H,23,25). The summed E-state index contributed by atoms with van der Waals surface area (Å²) < 4.78 is 0. The molecule has 1 N–H and O–H groups in total. The largest absolute Gasteiger partial charge is 0.350 e. The molecule has 0 spiro atoms. The number of hydrogen-bond acceptors (Lipinski definition) is 3. The highest BCUT2D eigenvalue weighted by molar-refractivity contribution is 6.35. The zero-order valence-electron chi connectivity index (χ0n) is 13.9. The number of benzene rings is 1. The van der Waals surface area contributed by atoms with Gasteiger partial charge in [0.25, 0.3) is 0 Å². The molecule has 1 aromatic heterocycles. The Hall–Kier alpha value is -1.62. The van der Waals surface area contributed by atoms with Crippen molar-refractivity contribution in [3.05, 3.63) is 63.9 Å². The average molecular weight is 378 g/mol. The van der Waals surface area contributed by atoms with Gasteiger partial charge in [0.1, 0.15) is 0 Å². The van der Waals surface area contributed by atoms with E-state index in [1.807, 2.05) is 30.3 Å². The van der Waals surface area contributed by atoms with E-state index in [0.29, 0.717) is 16.6 Å². The second-order valence-electron chi connectivity index (χ2n) is 6.35. The highest BCUT2D eigenvalue weighted by Crippen LogP contribution is 2.25. The van der Waals surface area contributed by atoms with Crippen LogP contribution in [0.5, 0.6) is 0 Å². The molecule has 4 nitrogen and oxygen atoms in total. The summed E-state index contributed by atoms with van der Waals surface area (Å²) in [5, 5.41) is 4.31. The Morgan fingerprint density at radius 1 is 1.28 bits per heavy atom. The lowest BCUT2D eigenvalue weighted by atomic mass is 9.96. The van der Waals surface area contributed by atoms with Gasteiger partial charge < -0.3 is 5.32 Å². The fraction of sp³-hybridized carbons (Fsp3) is 0.368. The van der Waals surface area contributed by atoms with Gasteiger partial charge in [-0.15, -0.1) is 0 Å². The third-order valence-corrected chi connectivity index (χ3v) is 5.04. The molecule has 1 aromatic carbocycles. The van der Waals surface area contributed by atoms with E-state index in [0.717, 1.165) is 43.7 Å². The average Bonchev–Trinajstić information content (AvgIpc) is 2.63. The minimum absolute atomic E-state index is 0.00328. The summed E-state index contributed by atoms with van der Waals surface area (Å²) in [5.74, 6) is 0.0982. The molecule has 6 heteroatoms. The van der Waals surface area contributed by atoms with Gasteiger partial charge in [0.15, 0.2) is 0 Å². The quantitative estimate of drug-likeness (QED) is 0.858. The lowest BCUT2D eigenvalue weighted by Crippen LogP contribution is -2.42. The van der Waals surface area contributed by atoms with Crippen LogP contribution in [0.2, 0.25) is 10.0 Å². The van der Waals surface area contributed by atoms with E-state index in [1.165, 1.54) is 0 Å². The molecule has 25 heavy (non-hydrogen) atoms. The van der Waals surface area contributed by atoms with E-state index in [4.69, 9.17) is 23.2 Å². The van der Waals surface area contributed by atoms with Crippen LogP contribution in [0.4, 0.5) is 0 Å². The number of likely N-dealkylation sites (tertiary alicyclic amines) is 1. The van der Waals surface area contributed by atoms with Crippen LogP contribution in [-0.2, 0) is 17.9 Å². The van der Waals surface area contributed by atoms with Crippen LogP contribution in [0, 0.1) is 5.92 Å². The third kappa shape index (κ3) is 5.18. The molecule has 1 saturated heterocycles. The van der Waals surface area contributed by atoms with Crippen molar-refractivity contribution in [3.8, 4) is 0 Å². The molecule has 1 amide bonds. The van der Waals surface area contributed by atoms with E-state index < -0.39 is 0 Å². The molecule has 3 rings (SSSR count). The molecule has 2 aromatic rings. The van der Waals surface area contributed by atoms with Crippen molar-refractivity contribution in [2.75, 3.05) is 13.1 Å². The number of halogens is 2. The van der Waals surface area contributed by atoms with Gasteiger partial charge in [-0.05, 0) is 49.2 Å². The monoisotopic (exact) mass is 377 g/mol. The summed E-state index contributed by atoms with van der Waals surface area (Å²) >= 11 is 12.2. The lowest BCUT2D eigenvalue weighted by Gasteiger charge is -2.32. The van der Waals surface area contributed by atoms with Gasteiger partial charge in [-0.1, -0.05) is 35.3 Å². The highest BCUT2D eigenvalue weighted by Gasteiger charge is 2.26. The van der Waals surface area contributed by atoms with E-state index in [9.17, 15) is 4.79 Å². The number of pyridine rings is 1. The van der Waals surface area contributed by atoms with Gasteiger partial charge in [-0.2, -0.15) is 0 Å². The fourth-order valence-electron chi connectivity index (χ4n) is 3.13. The normalized spacial score (nSPS) is 18.1. The molecule has 0 bridgehead atoms. The fourth-order valence-corrected chi connectivity index (χ4v) is 3.60. The number of aromatic nitrogens is 1. The molecule has 132 valence electrons. The molecule has 1 atom stereocenters. The van der Waals surface area contributed by atoms with E-state index in [-0.39, 0.29) is 11.8 Å². The van der Waals surface area contributed by atoms with Gasteiger partial charge in [0.2, 0.25) is 5.91 Å². The van der Waals surface area contributed by atoms with E-state index in [2.05, 4.69) is 15.2 Å². The first kappa shape index (κ1) is 18.2. The van der Waals surface area contributed by atoms with Crippen molar-refractivity contribution in [1.82, 2.24) is 15.2 Å². The first-order valence-corrected chi connectivity index (χ1v) is 9.21. The molecule has 1 aliphatic heterocycles. The van der Waals surface area contributed by atoms with Crippen molar-refractivity contribution in [3.63, 3.8) is 0 Å². The number of nitrogens with zero attached hydrogens (tertiary/aromatic N) is 2. The predicted octanol–water partition coefficient (Wildman–Crippen LogP) is 3.92. The molecule has 0 saturated carbocycles. The first-order valence-electron chi connectivity index (χ1n) is 8.46. The number of hydrogen-bond donors (Lipinski definition) is 1. The molecule has 1 aliphatic rings. The predicted molar refractivity (Wildman–Crippen MR) is 101 cm³/mol. The van der Waals surface area contributed by atoms with Crippen LogP contribution < -0.4 is 5.32 Å². The summed E-state index contributed by atoms with van der Waals surface area (Å²) in [7, 11) is 0. The molecule has 0 radical (unpaired) electrons. The molecule has 0 aliphatic carbocycles. The van der Waals surface area contributed by atoms with Gasteiger partial charge in [-0.3, -0.25) is 14.7 Å². The van der Waals surface area contributed by atoms with Crippen LogP contribution in [0.25, 0.3) is 0 Å². The Morgan fingerprint density at radius 3 is 2.92 bits per heavy atom. The summed E-state index contributed by atoms with van der Waals surface area (Å²) in [6.07, 6.45) is 3.66. The van der Waals surface area contributed by atoms with Gasteiger partial charge in [0.05, 0.1) is 18.2 Å². The minimum Gasteiger partial charge on any atom is -0.350 e. The third-order valence-electron chi connectivity index (χ3n) is 4.46. The molecule has 2 heterocycles. The molecular weight excluding hydrogens is 357 g/mol. The molecular formula is C19H21Cl2N3O. The van der Waals surface area contributed by atoms with Crippen LogP contribution in [-0.4, -0.2) is 28.9 Å². The van der Waals surface area contributed by atoms with Crippen LogP contribution in [0.3, 0.4) is 0 Å². The summed E-state index contributed by atoms with van der Waals surface area (Å²) in [6, 6.07) is 11.3. The topological polar surface area (TPSA) is 45.2 Å². The number of amides is 1. The Balaban J connectivity index is 1.54. The van der Waals surface area contributed by atoms with Crippen LogP contribution >= 0.6 is 23.2 Å². The number of carbonyl (C=O) groups is 1. The first-order chi connectivity index (χ1) is 12.1. The second-order valence-corrected chi connectivity index (χ2v) is 7.19. The van der Waals surface area contributed by atoms with Crippen molar-refractivity contribution in [2.45, 2.75) is 25.9 Å². The SMILES string of the molecule is O=C(NCc1ccccn1)C1CCCN(Cc2ccc(Cl)cc2Cl)C1. The Labute approximate surface area is 158 Å². The van der Waals surface area contributed by atoms with Gasteiger partial charge in [-0.25, -0.2) is 0 Å². The van der Waals surface area contributed by atoms with Crippen molar-refractivity contribution < 1.29 is 4.79 Å². The van der Waals surface area contributed by atoms with Crippen molar-refractivity contribution >= 4 is 29.1 Å². The maximum absolute atomic E-state index is 12.5. The highest BCUT2D eigenvalue weighted by atomic mass is 35.5. The number of carbonyl (C=O) groups excluding carboxylic acids is 1.